The fraction of sp³-hybridized carbons (Fsp3) is 1.00. The van der Waals surface area contributed by atoms with E-state index in [0.29, 0.717) is 16.7 Å². The van der Waals surface area contributed by atoms with Crippen LogP contribution in [0.15, 0.2) is 0 Å². The van der Waals surface area contributed by atoms with Gasteiger partial charge in [0, 0.05) is 23.8 Å². The molecular formula is C11H19Cl2N. The lowest BCUT2D eigenvalue weighted by Crippen LogP contribution is -2.50. The van der Waals surface area contributed by atoms with Crippen molar-refractivity contribution in [1.29, 1.82) is 0 Å². The van der Waals surface area contributed by atoms with Crippen molar-refractivity contribution >= 4 is 23.2 Å². The van der Waals surface area contributed by atoms with Gasteiger partial charge in [0.25, 0.3) is 0 Å². The standard InChI is InChI=1S/C11H19Cl2N/c1-7-5-14(2)6-10-9(7)3-8(12)4-11(10)13/h7-11H,3-6H2,1-2H3/t7-,8?,9+,10?,11?/m1/s1. The van der Waals surface area contributed by atoms with Crippen LogP contribution in [0.2, 0.25) is 0 Å². The molecule has 1 saturated carbocycles. The summed E-state index contributed by atoms with van der Waals surface area (Å²) in [6, 6.07) is 0. The Labute approximate surface area is 96.7 Å². The third kappa shape index (κ3) is 2.05. The zero-order valence-corrected chi connectivity index (χ0v) is 10.4. The van der Waals surface area contributed by atoms with Crippen LogP contribution < -0.4 is 0 Å². The van der Waals surface area contributed by atoms with Crippen LogP contribution in [0.1, 0.15) is 19.8 Å². The van der Waals surface area contributed by atoms with Crippen molar-refractivity contribution in [2.24, 2.45) is 17.8 Å². The Hall–Kier alpha value is 0.540. The van der Waals surface area contributed by atoms with Crippen LogP contribution in [0.5, 0.6) is 0 Å². The number of hydrogen-bond acceptors (Lipinski definition) is 1. The SMILES string of the molecule is C[C@@H]1CN(C)CC2C(Cl)CC(Cl)C[C@H]21. The van der Waals surface area contributed by atoms with E-state index in [-0.39, 0.29) is 0 Å². The van der Waals surface area contributed by atoms with Crippen molar-refractivity contribution in [3.8, 4) is 0 Å². The number of fused-ring (bicyclic) bond motifs is 1. The molecule has 0 aromatic heterocycles. The van der Waals surface area contributed by atoms with Gasteiger partial charge in [-0.2, -0.15) is 0 Å². The first-order chi connectivity index (χ1) is 6.58. The van der Waals surface area contributed by atoms with Gasteiger partial charge >= 0.3 is 0 Å². The van der Waals surface area contributed by atoms with Crippen molar-refractivity contribution in [3.63, 3.8) is 0 Å². The highest BCUT2D eigenvalue weighted by Crippen LogP contribution is 2.42. The van der Waals surface area contributed by atoms with E-state index >= 15 is 0 Å². The Morgan fingerprint density at radius 3 is 2.50 bits per heavy atom. The zero-order chi connectivity index (χ0) is 10.3. The largest absolute Gasteiger partial charge is 0.306 e. The van der Waals surface area contributed by atoms with Gasteiger partial charge in [0.1, 0.15) is 0 Å². The first-order valence-corrected chi connectivity index (χ1v) is 6.42. The van der Waals surface area contributed by atoms with Gasteiger partial charge in [0.15, 0.2) is 0 Å². The summed E-state index contributed by atoms with van der Waals surface area (Å²) in [4.78, 5) is 2.41. The molecule has 0 bridgehead atoms. The number of rotatable bonds is 0. The van der Waals surface area contributed by atoms with Crippen LogP contribution >= 0.6 is 23.2 Å². The zero-order valence-electron chi connectivity index (χ0n) is 8.92. The summed E-state index contributed by atoms with van der Waals surface area (Å²) in [6.07, 6.45) is 2.16. The highest BCUT2D eigenvalue weighted by atomic mass is 35.5. The summed E-state index contributed by atoms with van der Waals surface area (Å²) in [6.45, 7) is 4.70. The quantitative estimate of drug-likeness (QED) is 0.584. The number of alkyl halides is 2. The van der Waals surface area contributed by atoms with Crippen molar-refractivity contribution in [3.05, 3.63) is 0 Å². The number of piperidine rings is 1. The van der Waals surface area contributed by atoms with E-state index in [9.17, 15) is 0 Å². The maximum Gasteiger partial charge on any atom is 0.0393 e. The molecule has 1 saturated heterocycles. The second kappa shape index (κ2) is 4.19. The van der Waals surface area contributed by atoms with Gasteiger partial charge in [-0.15, -0.1) is 23.2 Å². The van der Waals surface area contributed by atoms with E-state index in [1.165, 1.54) is 13.0 Å². The van der Waals surface area contributed by atoms with E-state index in [4.69, 9.17) is 23.2 Å². The topological polar surface area (TPSA) is 3.24 Å². The maximum atomic E-state index is 6.40. The van der Waals surface area contributed by atoms with Crippen molar-refractivity contribution < 1.29 is 0 Å². The molecule has 5 atom stereocenters. The summed E-state index contributed by atoms with van der Waals surface area (Å²) >= 11 is 12.6. The fourth-order valence-corrected chi connectivity index (χ4v) is 4.19. The molecule has 0 aromatic carbocycles. The van der Waals surface area contributed by atoms with E-state index < -0.39 is 0 Å². The molecule has 3 heteroatoms. The van der Waals surface area contributed by atoms with Gasteiger partial charge in [-0.05, 0) is 37.6 Å². The molecule has 2 fully saturated rings. The minimum absolute atomic E-state index is 0.293. The molecule has 2 rings (SSSR count). The second-order valence-corrected chi connectivity index (χ2v) is 6.29. The molecule has 1 nitrogen and oxygen atoms in total. The number of halogens is 2. The highest BCUT2D eigenvalue weighted by molar-refractivity contribution is 6.24. The minimum atomic E-state index is 0.293. The van der Waals surface area contributed by atoms with Crippen LogP contribution in [0, 0.1) is 17.8 Å². The van der Waals surface area contributed by atoms with Crippen molar-refractivity contribution in [2.75, 3.05) is 20.1 Å². The van der Waals surface area contributed by atoms with Crippen molar-refractivity contribution in [2.45, 2.75) is 30.5 Å². The van der Waals surface area contributed by atoms with E-state index in [1.54, 1.807) is 0 Å². The molecule has 0 N–H and O–H groups in total. The lowest BCUT2D eigenvalue weighted by Gasteiger charge is -2.47. The Kier molecular flexibility index (Phi) is 3.30. The monoisotopic (exact) mass is 235 g/mol. The van der Waals surface area contributed by atoms with Gasteiger partial charge in [-0.1, -0.05) is 6.92 Å². The van der Waals surface area contributed by atoms with E-state index in [1.807, 2.05) is 0 Å². The summed E-state index contributed by atoms with van der Waals surface area (Å²) < 4.78 is 0. The molecule has 1 heterocycles. The minimum Gasteiger partial charge on any atom is -0.306 e. The summed E-state index contributed by atoms with van der Waals surface area (Å²) in [5.41, 5.74) is 0. The molecule has 1 aliphatic carbocycles. The van der Waals surface area contributed by atoms with E-state index in [2.05, 4.69) is 18.9 Å². The molecular weight excluding hydrogens is 217 g/mol. The molecule has 2 aliphatic rings. The van der Waals surface area contributed by atoms with Gasteiger partial charge < -0.3 is 4.90 Å². The van der Waals surface area contributed by atoms with Crippen LogP contribution in [-0.2, 0) is 0 Å². The predicted octanol–water partition coefficient (Wildman–Crippen LogP) is 2.81. The van der Waals surface area contributed by atoms with Gasteiger partial charge in [-0.3, -0.25) is 0 Å². The third-order valence-electron chi connectivity index (χ3n) is 3.88. The van der Waals surface area contributed by atoms with Crippen LogP contribution in [0.3, 0.4) is 0 Å². The van der Waals surface area contributed by atoms with Crippen molar-refractivity contribution in [1.82, 2.24) is 4.90 Å². The molecule has 0 radical (unpaired) electrons. The summed E-state index contributed by atoms with van der Waals surface area (Å²) in [5, 5.41) is 0.603. The fourth-order valence-electron chi connectivity index (χ4n) is 3.22. The smallest absolute Gasteiger partial charge is 0.0393 e. The third-order valence-corrected chi connectivity index (χ3v) is 4.73. The Balaban J connectivity index is 2.10. The molecule has 82 valence electrons. The normalized spacial score (nSPS) is 50.1. The molecule has 0 spiro atoms. The molecule has 0 amide bonds. The van der Waals surface area contributed by atoms with Gasteiger partial charge in [-0.25, -0.2) is 0 Å². The first-order valence-electron chi connectivity index (χ1n) is 5.54. The number of nitrogens with zero attached hydrogens (tertiary/aromatic N) is 1. The Morgan fingerprint density at radius 1 is 1.07 bits per heavy atom. The molecule has 14 heavy (non-hydrogen) atoms. The lowest BCUT2D eigenvalue weighted by molar-refractivity contribution is 0.0605. The second-order valence-electron chi connectivity index (χ2n) is 5.11. The number of hydrogen-bond donors (Lipinski definition) is 0. The summed E-state index contributed by atoms with van der Waals surface area (Å²) in [5.74, 6) is 2.17. The lowest BCUT2D eigenvalue weighted by atomic mass is 9.70. The van der Waals surface area contributed by atoms with Crippen LogP contribution in [0.25, 0.3) is 0 Å². The molecule has 3 unspecified atom stereocenters. The molecule has 0 aromatic rings. The highest BCUT2D eigenvalue weighted by Gasteiger charge is 2.42. The average molecular weight is 236 g/mol. The molecule has 1 aliphatic heterocycles. The van der Waals surface area contributed by atoms with Crippen LogP contribution in [-0.4, -0.2) is 35.8 Å². The summed E-state index contributed by atoms with van der Waals surface area (Å²) in [7, 11) is 2.20. The first kappa shape index (κ1) is 11.0. The van der Waals surface area contributed by atoms with Gasteiger partial charge in [0.05, 0.1) is 0 Å². The number of likely N-dealkylation sites (tertiary alicyclic amines) is 1. The average Bonchev–Trinajstić information content (AvgIpc) is 2.07. The van der Waals surface area contributed by atoms with Gasteiger partial charge in [0.2, 0.25) is 0 Å². The Bertz CT molecular complexity index is 187. The maximum absolute atomic E-state index is 6.40. The van der Waals surface area contributed by atoms with Crippen LogP contribution in [0.4, 0.5) is 0 Å². The van der Waals surface area contributed by atoms with E-state index in [0.717, 1.165) is 24.8 Å². The Morgan fingerprint density at radius 2 is 1.79 bits per heavy atom. The predicted molar refractivity (Wildman–Crippen MR) is 62.2 cm³/mol.